The summed E-state index contributed by atoms with van der Waals surface area (Å²) in [7, 11) is 3.72. The van der Waals surface area contributed by atoms with E-state index >= 15 is 0 Å². The third kappa shape index (κ3) is 4.12. The van der Waals surface area contributed by atoms with Crippen LogP contribution in [0.5, 0.6) is 0 Å². The van der Waals surface area contributed by atoms with Crippen LogP contribution in [-0.2, 0) is 4.79 Å². The van der Waals surface area contributed by atoms with Crippen molar-refractivity contribution in [1.82, 2.24) is 9.80 Å². The summed E-state index contributed by atoms with van der Waals surface area (Å²) in [6.45, 7) is 5.56. The number of nitrogens with zero attached hydrogens (tertiary/aromatic N) is 2. The molecule has 1 atom stereocenters. The van der Waals surface area contributed by atoms with E-state index in [1.807, 2.05) is 14.1 Å². The van der Waals surface area contributed by atoms with Gasteiger partial charge in [-0.25, -0.2) is 0 Å². The van der Waals surface area contributed by atoms with Gasteiger partial charge in [-0.05, 0) is 32.4 Å². The monoisotopic (exact) mass is 226 g/mol. The maximum absolute atomic E-state index is 11.9. The molecule has 1 heterocycles. The number of rotatable bonds is 5. The molecule has 1 amide bonds. The first-order valence-electron chi connectivity index (χ1n) is 6.58. The second-order valence-electron chi connectivity index (χ2n) is 5.08. The molecule has 0 radical (unpaired) electrons. The first kappa shape index (κ1) is 13.5. The summed E-state index contributed by atoms with van der Waals surface area (Å²) in [4.78, 5) is 16.1. The fourth-order valence-electron chi connectivity index (χ4n) is 2.41. The molecule has 1 rings (SSSR count). The lowest BCUT2D eigenvalue weighted by Crippen LogP contribution is -2.42. The molecule has 3 heteroatoms. The standard InChI is InChI=1S/C13H26N2O/c1-4-5-6-9-15-10-7-8-12(11-15)13(16)14(2)3/h12H,4-11H2,1-3H3. The molecule has 0 aromatic rings. The van der Waals surface area contributed by atoms with Crippen LogP contribution in [0, 0.1) is 5.92 Å². The smallest absolute Gasteiger partial charge is 0.226 e. The highest BCUT2D eigenvalue weighted by Crippen LogP contribution is 2.18. The highest BCUT2D eigenvalue weighted by atomic mass is 16.2. The van der Waals surface area contributed by atoms with E-state index in [2.05, 4.69) is 11.8 Å². The predicted octanol–water partition coefficient (Wildman–Crippen LogP) is 1.98. The molecule has 1 saturated heterocycles. The van der Waals surface area contributed by atoms with Crippen molar-refractivity contribution in [2.75, 3.05) is 33.7 Å². The Morgan fingerprint density at radius 2 is 2.12 bits per heavy atom. The van der Waals surface area contributed by atoms with Gasteiger partial charge in [-0.1, -0.05) is 19.8 Å². The fourth-order valence-corrected chi connectivity index (χ4v) is 2.41. The Morgan fingerprint density at radius 3 is 2.75 bits per heavy atom. The molecular formula is C13H26N2O. The van der Waals surface area contributed by atoms with Crippen LogP contribution in [0.2, 0.25) is 0 Å². The number of unbranched alkanes of at least 4 members (excludes halogenated alkanes) is 2. The van der Waals surface area contributed by atoms with Gasteiger partial charge >= 0.3 is 0 Å². The summed E-state index contributed by atoms with van der Waals surface area (Å²) >= 11 is 0. The SMILES string of the molecule is CCCCCN1CCCC(C(=O)N(C)C)C1. The van der Waals surface area contributed by atoms with Crippen LogP contribution in [0.1, 0.15) is 39.0 Å². The van der Waals surface area contributed by atoms with Crippen LogP contribution in [-0.4, -0.2) is 49.4 Å². The molecule has 94 valence electrons. The zero-order valence-corrected chi connectivity index (χ0v) is 11.0. The third-order valence-corrected chi connectivity index (χ3v) is 3.37. The number of hydrogen-bond donors (Lipinski definition) is 0. The van der Waals surface area contributed by atoms with Crippen molar-refractivity contribution in [2.24, 2.45) is 5.92 Å². The average Bonchev–Trinajstić information content (AvgIpc) is 2.29. The second kappa shape index (κ2) is 6.89. The lowest BCUT2D eigenvalue weighted by molar-refractivity contribution is -0.134. The number of carbonyl (C=O) groups is 1. The van der Waals surface area contributed by atoms with Crippen LogP contribution < -0.4 is 0 Å². The first-order valence-corrected chi connectivity index (χ1v) is 6.58. The van der Waals surface area contributed by atoms with Gasteiger partial charge in [0.1, 0.15) is 0 Å². The molecule has 0 bridgehead atoms. The Kier molecular flexibility index (Phi) is 5.81. The number of hydrogen-bond acceptors (Lipinski definition) is 2. The molecule has 1 fully saturated rings. The summed E-state index contributed by atoms with van der Waals surface area (Å²) in [5, 5.41) is 0. The van der Waals surface area contributed by atoms with Gasteiger partial charge in [0.2, 0.25) is 5.91 Å². The lowest BCUT2D eigenvalue weighted by Gasteiger charge is -2.33. The molecule has 16 heavy (non-hydrogen) atoms. The quantitative estimate of drug-likeness (QED) is 0.669. The van der Waals surface area contributed by atoms with Gasteiger partial charge in [0.05, 0.1) is 5.92 Å². The minimum absolute atomic E-state index is 0.241. The highest BCUT2D eigenvalue weighted by molar-refractivity contribution is 5.78. The van der Waals surface area contributed by atoms with Crippen LogP contribution >= 0.6 is 0 Å². The van der Waals surface area contributed by atoms with Crippen molar-refractivity contribution in [1.29, 1.82) is 0 Å². The molecular weight excluding hydrogens is 200 g/mol. The summed E-state index contributed by atoms with van der Waals surface area (Å²) < 4.78 is 0. The predicted molar refractivity (Wildman–Crippen MR) is 67.4 cm³/mol. The maximum Gasteiger partial charge on any atom is 0.226 e. The molecule has 1 aliphatic rings. The highest BCUT2D eigenvalue weighted by Gasteiger charge is 2.26. The number of amides is 1. The van der Waals surface area contributed by atoms with Gasteiger partial charge < -0.3 is 9.80 Å². The largest absolute Gasteiger partial charge is 0.349 e. The fraction of sp³-hybridized carbons (Fsp3) is 0.923. The number of piperidine rings is 1. The topological polar surface area (TPSA) is 23.6 Å². The van der Waals surface area contributed by atoms with Crippen LogP contribution in [0.25, 0.3) is 0 Å². The van der Waals surface area contributed by atoms with Gasteiger partial charge in [-0.2, -0.15) is 0 Å². The van der Waals surface area contributed by atoms with E-state index in [9.17, 15) is 4.79 Å². The van der Waals surface area contributed by atoms with Gasteiger partial charge in [-0.3, -0.25) is 4.79 Å². The minimum Gasteiger partial charge on any atom is -0.349 e. The Morgan fingerprint density at radius 1 is 1.38 bits per heavy atom. The van der Waals surface area contributed by atoms with Crippen LogP contribution in [0.3, 0.4) is 0 Å². The van der Waals surface area contributed by atoms with E-state index in [1.54, 1.807) is 4.90 Å². The Labute approximate surface area is 99.8 Å². The Balaban J connectivity index is 2.32. The van der Waals surface area contributed by atoms with Crippen molar-refractivity contribution in [3.8, 4) is 0 Å². The van der Waals surface area contributed by atoms with Gasteiger partial charge in [0.15, 0.2) is 0 Å². The van der Waals surface area contributed by atoms with Crippen molar-refractivity contribution in [3.63, 3.8) is 0 Å². The van der Waals surface area contributed by atoms with Crippen molar-refractivity contribution in [3.05, 3.63) is 0 Å². The Bertz CT molecular complexity index is 216. The van der Waals surface area contributed by atoms with E-state index in [0.29, 0.717) is 5.91 Å². The molecule has 1 unspecified atom stereocenters. The van der Waals surface area contributed by atoms with Gasteiger partial charge in [-0.15, -0.1) is 0 Å². The second-order valence-corrected chi connectivity index (χ2v) is 5.08. The summed E-state index contributed by atoms with van der Waals surface area (Å²) in [6, 6.07) is 0. The summed E-state index contributed by atoms with van der Waals surface area (Å²) in [5.74, 6) is 0.547. The van der Waals surface area contributed by atoms with E-state index in [-0.39, 0.29) is 5.92 Å². The van der Waals surface area contributed by atoms with Crippen molar-refractivity contribution < 1.29 is 4.79 Å². The molecule has 1 aliphatic heterocycles. The number of likely N-dealkylation sites (tertiary alicyclic amines) is 1. The molecule has 3 nitrogen and oxygen atoms in total. The van der Waals surface area contributed by atoms with Gasteiger partial charge in [0, 0.05) is 20.6 Å². The van der Waals surface area contributed by atoms with Crippen molar-refractivity contribution in [2.45, 2.75) is 39.0 Å². The average molecular weight is 226 g/mol. The minimum atomic E-state index is 0.241. The van der Waals surface area contributed by atoms with E-state index in [1.165, 1.54) is 38.8 Å². The summed E-state index contributed by atoms with van der Waals surface area (Å²) in [6.07, 6.45) is 6.10. The Hall–Kier alpha value is -0.570. The lowest BCUT2D eigenvalue weighted by atomic mass is 9.96. The van der Waals surface area contributed by atoms with Crippen LogP contribution in [0.15, 0.2) is 0 Å². The molecule has 0 aromatic carbocycles. The normalized spacial score (nSPS) is 22.1. The van der Waals surface area contributed by atoms with E-state index in [0.717, 1.165) is 13.0 Å². The molecule has 0 aromatic heterocycles. The zero-order chi connectivity index (χ0) is 12.0. The zero-order valence-electron chi connectivity index (χ0n) is 11.0. The summed E-state index contributed by atoms with van der Waals surface area (Å²) in [5.41, 5.74) is 0. The third-order valence-electron chi connectivity index (χ3n) is 3.37. The molecule has 0 spiro atoms. The molecule has 0 saturated carbocycles. The van der Waals surface area contributed by atoms with Crippen LogP contribution in [0.4, 0.5) is 0 Å². The van der Waals surface area contributed by atoms with E-state index < -0.39 is 0 Å². The van der Waals surface area contributed by atoms with E-state index in [4.69, 9.17) is 0 Å². The van der Waals surface area contributed by atoms with Gasteiger partial charge in [0.25, 0.3) is 0 Å². The molecule has 0 N–H and O–H groups in total. The maximum atomic E-state index is 11.9. The van der Waals surface area contributed by atoms with Crippen molar-refractivity contribution >= 4 is 5.91 Å². The molecule has 0 aliphatic carbocycles. The first-order chi connectivity index (χ1) is 7.65. The number of carbonyl (C=O) groups excluding carboxylic acids is 1.